The van der Waals surface area contributed by atoms with Crippen molar-refractivity contribution in [3.05, 3.63) is 88.5 Å². The minimum Gasteiger partial charge on any atom is -0.412 e. The average molecular weight is 586 g/mol. The number of nitrogens with two attached hydrogens (primary N) is 1. The summed E-state index contributed by atoms with van der Waals surface area (Å²) in [6, 6.07) is 15.3. The van der Waals surface area contributed by atoms with E-state index in [1.807, 2.05) is 34.9 Å². The highest BCUT2D eigenvalue weighted by Crippen LogP contribution is 2.53. The number of aliphatic hydroxyl groups is 2. The predicted octanol–water partition coefficient (Wildman–Crippen LogP) is 4.30. The smallest absolute Gasteiger partial charge is 0.166 e. The van der Waals surface area contributed by atoms with Crippen molar-refractivity contribution in [2.24, 2.45) is 5.84 Å². The molecule has 1 aliphatic carbocycles. The van der Waals surface area contributed by atoms with E-state index in [4.69, 9.17) is 17.4 Å². The fourth-order valence-corrected chi connectivity index (χ4v) is 4.40. The standard InChI is InChI=1S/C18H18ClN3O.C8H13N3O.2ClH.H2O/c1-17(2,23)14-4-3-11-22-15(14)20-21-16(22)18(9-10-18)12-5-7-13(19)8-6-12;1-8(2,12)6-4-3-5-10-7(6)11-9;;;/h3-8,11,23H,9-10H2,1-2H3;3-5,12H,9H2,1-2H3,(H,10,11);2*1H;1H2. The first kappa shape index (κ1) is 33.5. The average Bonchev–Trinajstić information content (AvgIpc) is 3.50. The van der Waals surface area contributed by atoms with E-state index in [1.165, 1.54) is 5.56 Å². The van der Waals surface area contributed by atoms with E-state index < -0.39 is 11.2 Å². The number of aromatic nitrogens is 4. The van der Waals surface area contributed by atoms with E-state index in [2.05, 4.69) is 32.7 Å². The van der Waals surface area contributed by atoms with Gasteiger partial charge in [-0.25, -0.2) is 10.8 Å². The van der Waals surface area contributed by atoms with Gasteiger partial charge in [-0.2, -0.15) is 0 Å². The molecule has 5 rings (SSSR count). The Hall–Kier alpha value is -2.50. The molecular weight excluding hydrogens is 551 g/mol. The predicted molar refractivity (Wildman–Crippen MR) is 155 cm³/mol. The van der Waals surface area contributed by atoms with Gasteiger partial charge in [0.25, 0.3) is 0 Å². The normalized spacial score (nSPS) is 13.7. The molecule has 0 radical (unpaired) electrons. The molecule has 9 nitrogen and oxygen atoms in total. The Balaban J connectivity index is 0.000000417. The molecule has 208 valence electrons. The van der Waals surface area contributed by atoms with Crippen molar-refractivity contribution < 1.29 is 15.7 Å². The van der Waals surface area contributed by atoms with Gasteiger partial charge in [0, 0.05) is 28.5 Å². The van der Waals surface area contributed by atoms with Gasteiger partial charge in [0.2, 0.25) is 0 Å². The molecule has 0 saturated heterocycles. The maximum absolute atomic E-state index is 10.4. The topological polar surface area (TPSA) is 153 Å². The summed E-state index contributed by atoms with van der Waals surface area (Å²) in [5.41, 5.74) is 3.86. The number of pyridine rings is 2. The van der Waals surface area contributed by atoms with E-state index in [0.717, 1.165) is 34.9 Å². The second-order valence-electron chi connectivity index (χ2n) is 9.89. The van der Waals surface area contributed by atoms with Crippen LogP contribution in [0.15, 0.2) is 60.9 Å². The zero-order chi connectivity index (χ0) is 25.4. The number of fused-ring (bicyclic) bond motifs is 1. The van der Waals surface area contributed by atoms with Crippen LogP contribution in [0.25, 0.3) is 5.65 Å². The van der Waals surface area contributed by atoms with Crippen LogP contribution in [0.3, 0.4) is 0 Å². The molecule has 1 fully saturated rings. The number of rotatable bonds is 5. The molecule has 0 unspecified atom stereocenters. The minimum absolute atomic E-state index is 0. The fraction of sp³-hybridized carbons (Fsp3) is 0.346. The van der Waals surface area contributed by atoms with Gasteiger partial charge >= 0.3 is 0 Å². The zero-order valence-electron chi connectivity index (χ0n) is 21.6. The third-order valence-electron chi connectivity index (χ3n) is 6.27. The molecule has 0 atom stereocenters. The van der Waals surface area contributed by atoms with Crippen LogP contribution in [0.1, 0.15) is 63.1 Å². The number of hydrazine groups is 1. The number of nitrogens with zero attached hydrogens (tertiary/aromatic N) is 4. The second kappa shape index (κ2) is 12.6. The molecule has 7 N–H and O–H groups in total. The number of benzene rings is 1. The van der Waals surface area contributed by atoms with Crippen molar-refractivity contribution in [1.29, 1.82) is 0 Å². The van der Waals surface area contributed by atoms with Crippen molar-refractivity contribution in [2.45, 2.75) is 57.2 Å². The largest absolute Gasteiger partial charge is 0.412 e. The van der Waals surface area contributed by atoms with Gasteiger partial charge in [-0.1, -0.05) is 35.9 Å². The van der Waals surface area contributed by atoms with E-state index in [1.54, 1.807) is 46.0 Å². The lowest BCUT2D eigenvalue weighted by atomic mass is 9.95. The van der Waals surface area contributed by atoms with E-state index >= 15 is 0 Å². The summed E-state index contributed by atoms with van der Waals surface area (Å²) in [6.07, 6.45) is 5.67. The van der Waals surface area contributed by atoms with Gasteiger partial charge in [-0.15, -0.1) is 35.0 Å². The Labute approximate surface area is 239 Å². The summed E-state index contributed by atoms with van der Waals surface area (Å²) < 4.78 is 2.01. The van der Waals surface area contributed by atoms with Crippen LogP contribution < -0.4 is 11.3 Å². The molecule has 0 amide bonds. The van der Waals surface area contributed by atoms with Gasteiger partial charge in [0.15, 0.2) is 5.65 Å². The molecular formula is C26H35Cl3N6O3. The van der Waals surface area contributed by atoms with Crippen molar-refractivity contribution in [1.82, 2.24) is 19.6 Å². The highest BCUT2D eigenvalue weighted by Gasteiger charge is 2.49. The molecule has 3 heterocycles. The van der Waals surface area contributed by atoms with Crippen LogP contribution in [-0.2, 0) is 16.6 Å². The Morgan fingerprint density at radius 3 is 2.00 bits per heavy atom. The minimum atomic E-state index is -0.955. The summed E-state index contributed by atoms with van der Waals surface area (Å²) in [4.78, 5) is 3.97. The second-order valence-corrected chi connectivity index (χ2v) is 10.3. The lowest BCUT2D eigenvalue weighted by Crippen LogP contribution is -2.21. The molecule has 1 aromatic carbocycles. The van der Waals surface area contributed by atoms with Crippen molar-refractivity contribution in [2.75, 3.05) is 5.43 Å². The lowest BCUT2D eigenvalue weighted by molar-refractivity contribution is 0.0786. The quantitative estimate of drug-likeness (QED) is 0.201. The first-order valence-electron chi connectivity index (χ1n) is 11.4. The third kappa shape index (κ3) is 6.73. The van der Waals surface area contributed by atoms with Crippen LogP contribution in [0.4, 0.5) is 5.82 Å². The molecule has 0 aliphatic heterocycles. The molecule has 3 aromatic heterocycles. The van der Waals surface area contributed by atoms with E-state index in [0.29, 0.717) is 11.4 Å². The summed E-state index contributed by atoms with van der Waals surface area (Å²) in [7, 11) is 0. The van der Waals surface area contributed by atoms with Crippen molar-refractivity contribution in [3.63, 3.8) is 0 Å². The Bertz CT molecular complexity index is 1330. The first-order chi connectivity index (χ1) is 16.5. The summed E-state index contributed by atoms with van der Waals surface area (Å²) >= 11 is 6.01. The molecule has 0 spiro atoms. The number of hydrogen-bond acceptors (Lipinski definition) is 7. The van der Waals surface area contributed by atoms with Crippen LogP contribution in [0.5, 0.6) is 0 Å². The summed E-state index contributed by atoms with van der Waals surface area (Å²) in [6.45, 7) is 6.90. The Morgan fingerprint density at radius 2 is 1.50 bits per heavy atom. The van der Waals surface area contributed by atoms with Crippen molar-refractivity contribution >= 4 is 47.9 Å². The molecule has 38 heavy (non-hydrogen) atoms. The summed E-state index contributed by atoms with van der Waals surface area (Å²) in [5, 5.41) is 29.6. The summed E-state index contributed by atoms with van der Waals surface area (Å²) in [5.74, 6) is 6.66. The SMILES string of the molecule is CC(C)(O)c1cccn2c(C3(c4ccc(Cl)cc4)CC3)nnc12.CC(C)(O)c1cccnc1NN.Cl.Cl.O. The number of nitrogen functional groups attached to an aromatic ring is 1. The van der Waals surface area contributed by atoms with Gasteiger partial charge in [-0.05, 0) is 70.4 Å². The van der Waals surface area contributed by atoms with Crippen LogP contribution >= 0.6 is 36.4 Å². The van der Waals surface area contributed by atoms with Gasteiger partial charge in [0.05, 0.1) is 16.6 Å². The Morgan fingerprint density at radius 1 is 0.921 bits per heavy atom. The Kier molecular flexibility index (Phi) is 11.1. The first-order valence-corrected chi connectivity index (χ1v) is 11.8. The number of halogens is 3. The number of anilines is 1. The van der Waals surface area contributed by atoms with Crippen LogP contribution in [0.2, 0.25) is 5.02 Å². The molecule has 12 heteroatoms. The molecule has 0 bridgehead atoms. The maximum Gasteiger partial charge on any atom is 0.166 e. The number of nitrogens with one attached hydrogen (secondary N) is 1. The third-order valence-corrected chi connectivity index (χ3v) is 6.52. The van der Waals surface area contributed by atoms with Gasteiger partial charge in [-0.3, -0.25) is 4.40 Å². The monoisotopic (exact) mass is 584 g/mol. The fourth-order valence-electron chi connectivity index (χ4n) is 4.27. The molecule has 4 aromatic rings. The highest BCUT2D eigenvalue weighted by atomic mass is 35.5. The maximum atomic E-state index is 10.4. The van der Waals surface area contributed by atoms with Crippen LogP contribution in [0, 0.1) is 0 Å². The lowest BCUT2D eigenvalue weighted by Gasteiger charge is -2.19. The molecule has 1 aliphatic rings. The van der Waals surface area contributed by atoms with E-state index in [9.17, 15) is 10.2 Å². The highest BCUT2D eigenvalue weighted by molar-refractivity contribution is 6.30. The van der Waals surface area contributed by atoms with Gasteiger partial charge < -0.3 is 21.1 Å². The zero-order valence-corrected chi connectivity index (χ0v) is 24.0. The van der Waals surface area contributed by atoms with E-state index in [-0.39, 0.29) is 35.7 Å². The number of hydrogen-bond donors (Lipinski definition) is 4. The van der Waals surface area contributed by atoms with Crippen LogP contribution in [-0.4, -0.2) is 35.3 Å². The molecule has 1 saturated carbocycles. The van der Waals surface area contributed by atoms with Crippen molar-refractivity contribution in [3.8, 4) is 0 Å². The van der Waals surface area contributed by atoms with Gasteiger partial charge in [0.1, 0.15) is 11.6 Å².